The third-order valence-electron chi connectivity index (χ3n) is 4.22. The van der Waals surface area contributed by atoms with Crippen LogP contribution in [0.4, 0.5) is 0 Å². The van der Waals surface area contributed by atoms with E-state index in [4.69, 9.17) is 31.2 Å². The van der Waals surface area contributed by atoms with Gasteiger partial charge >= 0.3 is 11.9 Å². The zero-order valence-electron chi connectivity index (χ0n) is 13.8. The summed E-state index contributed by atoms with van der Waals surface area (Å²) in [5.74, 6) is -1.96. The summed E-state index contributed by atoms with van der Waals surface area (Å²) in [4.78, 5) is 21.2. The Labute approximate surface area is 143 Å². The fourth-order valence-electron chi connectivity index (χ4n) is 2.55. The fraction of sp³-hybridized carbons (Fsp3) is 0.875. The summed E-state index contributed by atoms with van der Waals surface area (Å²) in [6.45, 7) is 4.38. The Morgan fingerprint density at radius 2 is 1.58 bits per heavy atom. The molecule has 0 spiro atoms. The van der Waals surface area contributed by atoms with Crippen LogP contribution < -0.4 is 11.5 Å². The summed E-state index contributed by atoms with van der Waals surface area (Å²) < 4.78 is 10.5. The lowest BCUT2D eigenvalue weighted by Crippen LogP contribution is -2.54. The Hall–Kier alpha value is -1.22. The van der Waals surface area contributed by atoms with E-state index in [1.54, 1.807) is 0 Å². The van der Waals surface area contributed by atoms with Gasteiger partial charge in [0, 0.05) is 19.6 Å². The van der Waals surface area contributed by atoms with Crippen molar-refractivity contribution in [3.8, 4) is 0 Å². The van der Waals surface area contributed by atoms with Crippen LogP contribution in [0, 0.1) is 0 Å². The van der Waals surface area contributed by atoms with Crippen LogP contribution in [-0.4, -0.2) is 58.7 Å². The summed E-state index contributed by atoms with van der Waals surface area (Å²) in [5.41, 5.74) is 8.73. The van der Waals surface area contributed by atoms with E-state index in [0.29, 0.717) is 13.0 Å². The SMILES string of the molecule is C.CC(N)(C(=O)O)C1CCCO1.CC(N)(CC1CCCO1)C(=O)O. The van der Waals surface area contributed by atoms with Crippen molar-refractivity contribution in [1.82, 2.24) is 0 Å². The second-order valence-electron chi connectivity index (χ2n) is 6.65. The zero-order valence-corrected chi connectivity index (χ0v) is 13.8. The van der Waals surface area contributed by atoms with Gasteiger partial charge in [0.2, 0.25) is 0 Å². The molecule has 0 aromatic heterocycles. The van der Waals surface area contributed by atoms with Crippen LogP contribution in [0.15, 0.2) is 0 Å². The van der Waals surface area contributed by atoms with Gasteiger partial charge in [-0.05, 0) is 39.5 Å². The van der Waals surface area contributed by atoms with Crippen molar-refractivity contribution >= 4 is 11.9 Å². The number of hydrogen-bond donors (Lipinski definition) is 4. The van der Waals surface area contributed by atoms with Crippen LogP contribution in [0.25, 0.3) is 0 Å². The largest absolute Gasteiger partial charge is 0.480 e. The number of ether oxygens (including phenoxy) is 2. The monoisotopic (exact) mass is 348 g/mol. The lowest BCUT2D eigenvalue weighted by molar-refractivity contribution is -0.147. The number of carboxylic acids is 2. The molecule has 0 aromatic carbocycles. The second-order valence-corrected chi connectivity index (χ2v) is 6.65. The molecule has 24 heavy (non-hydrogen) atoms. The van der Waals surface area contributed by atoms with Crippen molar-refractivity contribution < 1.29 is 29.3 Å². The van der Waals surface area contributed by atoms with Crippen molar-refractivity contribution in [2.75, 3.05) is 13.2 Å². The molecule has 4 atom stereocenters. The first-order valence-corrected chi connectivity index (χ1v) is 7.85. The lowest BCUT2D eigenvalue weighted by atomic mass is 9.94. The Bertz CT molecular complexity index is 413. The Balaban J connectivity index is 0.000000425. The molecule has 0 radical (unpaired) electrons. The summed E-state index contributed by atoms with van der Waals surface area (Å²) in [6.07, 6.45) is 3.73. The number of hydrogen-bond acceptors (Lipinski definition) is 6. The average Bonchev–Trinajstić information content (AvgIpc) is 3.11. The first kappa shape index (κ1) is 22.8. The van der Waals surface area contributed by atoms with Crippen LogP contribution in [0.3, 0.4) is 0 Å². The van der Waals surface area contributed by atoms with Crippen molar-refractivity contribution in [2.24, 2.45) is 11.5 Å². The predicted molar refractivity (Wildman–Crippen MR) is 89.8 cm³/mol. The highest BCUT2D eigenvalue weighted by atomic mass is 16.5. The van der Waals surface area contributed by atoms with Gasteiger partial charge in [-0.25, -0.2) is 0 Å². The Morgan fingerprint density at radius 3 is 1.96 bits per heavy atom. The third-order valence-corrected chi connectivity index (χ3v) is 4.22. The van der Waals surface area contributed by atoms with Gasteiger partial charge in [-0.1, -0.05) is 7.43 Å². The molecular weight excluding hydrogens is 316 g/mol. The van der Waals surface area contributed by atoms with Gasteiger partial charge in [0.25, 0.3) is 0 Å². The second kappa shape index (κ2) is 9.31. The molecule has 0 amide bonds. The summed E-state index contributed by atoms with van der Waals surface area (Å²) in [6, 6.07) is 0. The molecule has 8 nitrogen and oxygen atoms in total. The minimum absolute atomic E-state index is 0. The van der Waals surface area contributed by atoms with Crippen molar-refractivity contribution in [3.63, 3.8) is 0 Å². The van der Waals surface area contributed by atoms with Crippen LogP contribution in [-0.2, 0) is 19.1 Å². The zero-order chi connectivity index (χ0) is 17.7. The molecule has 4 unspecified atom stereocenters. The van der Waals surface area contributed by atoms with E-state index < -0.39 is 23.0 Å². The Morgan fingerprint density at radius 1 is 1.04 bits per heavy atom. The van der Waals surface area contributed by atoms with Crippen molar-refractivity contribution in [3.05, 3.63) is 0 Å². The molecule has 142 valence electrons. The quantitative estimate of drug-likeness (QED) is 0.575. The van der Waals surface area contributed by atoms with E-state index in [1.807, 2.05) is 0 Å². The normalized spacial score (nSPS) is 27.8. The molecule has 2 aliphatic heterocycles. The van der Waals surface area contributed by atoms with Gasteiger partial charge in [-0.3, -0.25) is 9.59 Å². The standard InChI is InChI=1S/C8H15NO3.C7H13NO3.CH4/c1-8(9,7(10)11)5-6-3-2-4-12-6;1-7(8,6(9)10)5-3-2-4-11-5;/h6H,2-5,9H2,1H3,(H,10,11);5H,2-4,8H2,1H3,(H,9,10);1H4. The predicted octanol–water partition coefficient (Wildman–Crippen LogP) is 0.961. The molecule has 2 rings (SSSR count). The van der Waals surface area contributed by atoms with Gasteiger partial charge in [0.15, 0.2) is 0 Å². The number of nitrogens with two attached hydrogens (primary N) is 2. The lowest BCUT2D eigenvalue weighted by Gasteiger charge is -2.25. The molecule has 2 aliphatic rings. The van der Waals surface area contributed by atoms with Gasteiger partial charge in [0.05, 0.1) is 12.2 Å². The number of carbonyl (C=O) groups is 2. The molecule has 0 aliphatic carbocycles. The first-order chi connectivity index (χ1) is 10.6. The molecule has 2 saturated heterocycles. The molecule has 0 aromatic rings. The first-order valence-electron chi connectivity index (χ1n) is 7.85. The molecule has 0 saturated carbocycles. The molecule has 0 bridgehead atoms. The van der Waals surface area contributed by atoms with Gasteiger partial charge in [0.1, 0.15) is 11.1 Å². The number of aliphatic carboxylic acids is 2. The summed E-state index contributed by atoms with van der Waals surface area (Å²) in [7, 11) is 0. The minimum Gasteiger partial charge on any atom is -0.480 e. The van der Waals surface area contributed by atoms with E-state index >= 15 is 0 Å². The number of carboxylic acid groups (broad SMARTS) is 2. The van der Waals surface area contributed by atoms with E-state index in [-0.39, 0.29) is 19.6 Å². The maximum Gasteiger partial charge on any atom is 0.326 e. The highest BCUT2D eigenvalue weighted by Gasteiger charge is 2.40. The van der Waals surface area contributed by atoms with E-state index in [9.17, 15) is 9.59 Å². The molecule has 8 heteroatoms. The summed E-state index contributed by atoms with van der Waals surface area (Å²) in [5, 5.41) is 17.4. The molecule has 2 heterocycles. The van der Waals surface area contributed by atoms with E-state index in [2.05, 4.69) is 0 Å². The molecule has 2 fully saturated rings. The van der Waals surface area contributed by atoms with Crippen LogP contribution in [0.2, 0.25) is 0 Å². The van der Waals surface area contributed by atoms with E-state index in [0.717, 1.165) is 32.3 Å². The van der Waals surface area contributed by atoms with Crippen molar-refractivity contribution in [2.45, 2.75) is 76.7 Å². The highest BCUT2D eigenvalue weighted by Crippen LogP contribution is 2.22. The van der Waals surface area contributed by atoms with Crippen LogP contribution >= 0.6 is 0 Å². The smallest absolute Gasteiger partial charge is 0.326 e. The fourth-order valence-corrected chi connectivity index (χ4v) is 2.55. The number of rotatable bonds is 5. The average molecular weight is 348 g/mol. The van der Waals surface area contributed by atoms with Crippen molar-refractivity contribution in [1.29, 1.82) is 0 Å². The van der Waals surface area contributed by atoms with Crippen LogP contribution in [0.5, 0.6) is 0 Å². The summed E-state index contributed by atoms with van der Waals surface area (Å²) >= 11 is 0. The van der Waals surface area contributed by atoms with E-state index in [1.165, 1.54) is 13.8 Å². The minimum atomic E-state index is -1.23. The van der Waals surface area contributed by atoms with Gasteiger partial charge in [-0.15, -0.1) is 0 Å². The Kier molecular flexibility index (Phi) is 8.84. The third kappa shape index (κ3) is 6.35. The maximum atomic E-state index is 10.6. The van der Waals surface area contributed by atoms with Gasteiger partial charge in [-0.2, -0.15) is 0 Å². The maximum absolute atomic E-state index is 10.6. The van der Waals surface area contributed by atoms with Crippen LogP contribution in [0.1, 0.15) is 53.4 Å². The molecule has 6 N–H and O–H groups in total. The highest BCUT2D eigenvalue weighted by molar-refractivity contribution is 5.79. The van der Waals surface area contributed by atoms with Gasteiger partial charge < -0.3 is 31.2 Å². The molecular formula is C16H32N2O6. The topological polar surface area (TPSA) is 145 Å².